The molecule has 0 unspecified atom stereocenters. The molecule has 0 N–H and O–H groups in total. The van der Waals surface area contributed by atoms with Crippen molar-refractivity contribution in [2.45, 2.75) is 19.9 Å². The smallest absolute Gasteiger partial charge is 0.205 e. The summed E-state index contributed by atoms with van der Waals surface area (Å²) >= 11 is 1.51. The number of benzene rings is 1. The molecule has 3 rings (SSSR count). The Hall–Kier alpha value is -1.46. The maximum absolute atomic E-state index is 4.69. The van der Waals surface area contributed by atoms with Gasteiger partial charge in [-0.25, -0.2) is 0 Å². The predicted octanol–water partition coefficient (Wildman–Crippen LogP) is 2.74. The Morgan fingerprint density at radius 1 is 1.05 bits per heavy atom. The van der Waals surface area contributed by atoms with E-state index in [1.54, 1.807) is 0 Å². The molecular formula is C15H20N4S. The predicted molar refractivity (Wildman–Crippen MR) is 84.3 cm³/mol. The summed E-state index contributed by atoms with van der Waals surface area (Å²) < 4.78 is 4.49. The maximum Gasteiger partial charge on any atom is 0.205 e. The Kier molecular flexibility index (Phi) is 3.98. The highest BCUT2D eigenvalue weighted by atomic mass is 32.1. The lowest BCUT2D eigenvalue weighted by Gasteiger charge is -2.36. The van der Waals surface area contributed by atoms with Crippen molar-refractivity contribution in [3.05, 3.63) is 30.3 Å². The Balaban J connectivity index is 1.69. The second-order valence-electron chi connectivity index (χ2n) is 5.38. The van der Waals surface area contributed by atoms with Crippen LogP contribution >= 0.6 is 11.5 Å². The van der Waals surface area contributed by atoms with Crippen LogP contribution in [0.4, 0.5) is 5.13 Å². The van der Waals surface area contributed by atoms with Crippen LogP contribution in [0.25, 0.3) is 11.4 Å². The van der Waals surface area contributed by atoms with Gasteiger partial charge in [-0.05, 0) is 13.8 Å². The number of rotatable bonds is 3. The van der Waals surface area contributed by atoms with Gasteiger partial charge in [-0.15, -0.1) is 0 Å². The van der Waals surface area contributed by atoms with Crippen LogP contribution in [-0.4, -0.2) is 46.5 Å². The number of anilines is 1. The third-order valence-corrected chi connectivity index (χ3v) is 4.54. The van der Waals surface area contributed by atoms with Crippen LogP contribution in [0.2, 0.25) is 0 Å². The van der Waals surface area contributed by atoms with Gasteiger partial charge in [-0.2, -0.15) is 9.36 Å². The monoisotopic (exact) mass is 288 g/mol. The maximum atomic E-state index is 4.69. The van der Waals surface area contributed by atoms with E-state index < -0.39 is 0 Å². The van der Waals surface area contributed by atoms with Gasteiger partial charge in [0.1, 0.15) is 0 Å². The second-order valence-corrected chi connectivity index (χ2v) is 6.11. The fourth-order valence-electron chi connectivity index (χ4n) is 2.48. The lowest BCUT2D eigenvalue weighted by Crippen LogP contribution is -2.48. The van der Waals surface area contributed by atoms with Gasteiger partial charge in [0.25, 0.3) is 0 Å². The first-order chi connectivity index (χ1) is 9.74. The average molecular weight is 288 g/mol. The quantitative estimate of drug-likeness (QED) is 0.869. The Morgan fingerprint density at radius 2 is 1.75 bits per heavy atom. The Morgan fingerprint density at radius 3 is 2.40 bits per heavy atom. The van der Waals surface area contributed by atoms with Gasteiger partial charge in [0.05, 0.1) is 0 Å². The van der Waals surface area contributed by atoms with E-state index in [1.807, 2.05) is 18.2 Å². The molecule has 1 aliphatic heterocycles. The van der Waals surface area contributed by atoms with Crippen molar-refractivity contribution in [1.29, 1.82) is 0 Å². The molecule has 0 saturated carbocycles. The number of hydrogen-bond donors (Lipinski definition) is 0. The van der Waals surface area contributed by atoms with Crippen LogP contribution < -0.4 is 4.90 Å². The molecule has 1 aliphatic rings. The zero-order chi connectivity index (χ0) is 13.9. The van der Waals surface area contributed by atoms with Crippen LogP contribution in [0.5, 0.6) is 0 Å². The molecule has 2 aromatic rings. The van der Waals surface area contributed by atoms with Gasteiger partial charge in [0, 0.05) is 49.3 Å². The fraction of sp³-hybridized carbons (Fsp3) is 0.467. The van der Waals surface area contributed by atoms with Gasteiger partial charge in [0.15, 0.2) is 5.82 Å². The lowest BCUT2D eigenvalue weighted by molar-refractivity contribution is 0.209. The third kappa shape index (κ3) is 2.83. The van der Waals surface area contributed by atoms with Crippen LogP contribution in [-0.2, 0) is 0 Å². The molecule has 0 atom stereocenters. The van der Waals surface area contributed by atoms with Crippen LogP contribution in [0.15, 0.2) is 30.3 Å². The Labute approximate surface area is 124 Å². The first-order valence-electron chi connectivity index (χ1n) is 7.12. The van der Waals surface area contributed by atoms with E-state index in [0.717, 1.165) is 42.7 Å². The summed E-state index contributed by atoms with van der Waals surface area (Å²) in [7, 11) is 0. The molecule has 0 amide bonds. The highest BCUT2D eigenvalue weighted by molar-refractivity contribution is 7.09. The summed E-state index contributed by atoms with van der Waals surface area (Å²) in [5, 5.41) is 1.05. The molecule has 0 aliphatic carbocycles. The van der Waals surface area contributed by atoms with E-state index in [1.165, 1.54) is 11.5 Å². The molecule has 106 valence electrons. The molecule has 4 nitrogen and oxygen atoms in total. The summed E-state index contributed by atoms with van der Waals surface area (Å²) in [6, 6.07) is 10.8. The van der Waals surface area contributed by atoms with Crippen molar-refractivity contribution in [1.82, 2.24) is 14.3 Å². The molecule has 0 radical (unpaired) electrons. The summed E-state index contributed by atoms with van der Waals surface area (Å²) in [5.41, 5.74) is 1.09. The third-order valence-electron chi connectivity index (χ3n) is 3.76. The van der Waals surface area contributed by atoms with Crippen molar-refractivity contribution in [3.8, 4) is 11.4 Å². The number of hydrogen-bond acceptors (Lipinski definition) is 5. The van der Waals surface area contributed by atoms with Crippen molar-refractivity contribution >= 4 is 16.7 Å². The molecule has 1 fully saturated rings. The molecule has 20 heavy (non-hydrogen) atoms. The molecule has 1 aromatic heterocycles. The van der Waals surface area contributed by atoms with Crippen LogP contribution in [0, 0.1) is 0 Å². The molecular weight excluding hydrogens is 268 g/mol. The molecule has 5 heteroatoms. The van der Waals surface area contributed by atoms with Crippen molar-refractivity contribution in [2.24, 2.45) is 0 Å². The van der Waals surface area contributed by atoms with E-state index in [0.29, 0.717) is 6.04 Å². The summed E-state index contributed by atoms with van der Waals surface area (Å²) in [4.78, 5) is 9.55. The van der Waals surface area contributed by atoms with Crippen LogP contribution in [0.3, 0.4) is 0 Å². The van der Waals surface area contributed by atoms with E-state index in [2.05, 4.69) is 45.1 Å². The number of nitrogens with zero attached hydrogens (tertiary/aromatic N) is 4. The fourth-order valence-corrected chi connectivity index (χ4v) is 3.22. The topological polar surface area (TPSA) is 32.3 Å². The van der Waals surface area contributed by atoms with E-state index in [4.69, 9.17) is 0 Å². The minimum absolute atomic E-state index is 0.631. The average Bonchev–Trinajstić information content (AvgIpc) is 2.98. The van der Waals surface area contributed by atoms with E-state index in [-0.39, 0.29) is 0 Å². The van der Waals surface area contributed by atoms with Gasteiger partial charge in [0.2, 0.25) is 5.13 Å². The standard InChI is InChI=1S/C15H20N4S/c1-12(2)18-8-10-19(11-9-18)15-16-14(17-20-15)13-6-4-3-5-7-13/h3-7,12H,8-11H2,1-2H3. The second kappa shape index (κ2) is 5.89. The van der Waals surface area contributed by atoms with Crippen molar-refractivity contribution in [2.75, 3.05) is 31.1 Å². The number of aromatic nitrogens is 2. The SMILES string of the molecule is CC(C)N1CCN(c2nc(-c3ccccc3)ns2)CC1. The van der Waals surface area contributed by atoms with Crippen molar-refractivity contribution < 1.29 is 0 Å². The van der Waals surface area contributed by atoms with E-state index >= 15 is 0 Å². The van der Waals surface area contributed by atoms with Gasteiger partial charge in [-0.3, -0.25) is 4.90 Å². The lowest BCUT2D eigenvalue weighted by atomic mass is 10.2. The molecule has 0 spiro atoms. The van der Waals surface area contributed by atoms with Crippen LogP contribution in [0.1, 0.15) is 13.8 Å². The summed E-state index contributed by atoms with van der Waals surface area (Å²) in [5.74, 6) is 0.844. The van der Waals surface area contributed by atoms with Crippen molar-refractivity contribution in [3.63, 3.8) is 0 Å². The minimum atomic E-state index is 0.631. The zero-order valence-corrected chi connectivity index (χ0v) is 12.8. The summed E-state index contributed by atoms with van der Waals surface area (Å²) in [6.45, 7) is 8.82. The Bertz CT molecular complexity index is 544. The molecule has 0 bridgehead atoms. The zero-order valence-electron chi connectivity index (χ0n) is 12.0. The molecule has 1 aromatic carbocycles. The number of piperazine rings is 1. The molecule has 2 heterocycles. The van der Waals surface area contributed by atoms with Gasteiger partial charge < -0.3 is 4.90 Å². The highest BCUT2D eigenvalue weighted by Gasteiger charge is 2.21. The normalized spacial score (nSPS) is 16.9. The van der Waals surface area contributed by atoms with E-state index in [9.17, 15) is 0 Å². The minimum Gasteiger partial charge on any atom is -0.344 e. The summed E-state index contributed by atoms with van der Waals surface area (Å²) in [6.07, 6.45) is 0. The first kappa shape index (κ1) is 13.5. The largest absolute Gasteiger partial charge is 0.344 e. The highest BCUT2D eigenvalue weighted by Crippen LogP contribution is 2.24. The van der Waals surface area contributed by atoms with Gasteiger partial charge in [-0.1, -0.05) is 30.3 Å². The first-order valence-corrected chi connectivity index (χ1v) is 7.89. The van der Waals surface area contributed by atoms with Gasteiger partial charge >= 0.3 is 0 Å². The molecule has 1 saturated heterocycles.